The summed E-state index contributed by atoms with van der Waals surface area (Å²) in [5.41, 5.74) is 2.34. The molecule has 0 spiro atoms. The molecule has 1 amide bonds. The number of amides is 1. The molecule has 0 radical (unpaired) electrons. The van der Waals surface area contributed by atoms with Crippen LogP contribution < -0.4 is 4.90 Å². The molecule has 9 heteroatoms. The number of hydrogen-bond acceptors (Lipinski definition) is 6. The minimum atomic E-state index is -0.0364. The number of nitrogens with one attached hydrogen (secondary N) is 1. The molecule has 0 atom stereocenters. The summed E-state index contributed by atoms with van der Waals surface area (Å²) in [4.78, 5) is 26.8. The van der Waals surface area contributed by atoms with Crippen molar-refractivity contribution in [3.8, 4) is 0 Å². The van der Waals surface area contributed by atoms with Gasteiger partial charge in [-0.05, 0) is 34.0 Å². The van der Waals surface area contributed by atoms with Crippen molar-refractivity contribution < 1.29 is 4.79 Å². The maximum absolute atomic E-state index is 12.8. The molecule has 0 aliphatic carbocycles. The molecule has 0 saturated carbocycles. The number of thiazole rings is 1. The third-order valence-corrected chi connectivity index (χ3v) is 6.35. The Hall–Kier alpha value is -2.00. The Kier molecular flexibility index (Phi) is 4.66. The van der Waals surface area contributed by atoms with E-state index in [-0.39, 0.29) is 11.8 Å². The van der Waals surface area contributed by atoms with Gasteiger partial charge >= 0.3 is 0 Å². The molecule has 1 aliphatic rings. The van der Waals surface area contributed by atoms with Crippen LogP contribution in [-0.2, 0) is 0 Å². The Morgan fingerprint density at radius 2 is 2.08 bits per heavy atom. The molecule has 7 nitrogen and oxygen atoms in total. The van der Waals surface area contributed by atoms with Gasteiger partial charge in [-0.3, -0.25) is 9.89 Å². The van der Waals surface area contributed by atoms with Gasteiger partial charge in [-0.2, -0.15) is 5.10 Å². The number of rotatable bonds is 3. The second kappa shape index (κ2) is 6.96. The first-order valence-electron chi connectivity index (χ1n) is 8.54. The normalized spacial score (nSPS) is 15.2. The number of hydrogen-bond donors (Lipinski definition) is 1. The van der Waals surface area contributed by atoms with E-state index >= 15 is 0 Å². The van der Waals surface area contributed by atoms with E-state index < -0.39 is 0 Å². The van der Waals surface area contributed by atoms with E-state index in [0.29, 0.717) is 18.8 Å². The van der Waals surface area contributed by atoms with Gasteiger partial charge in [0.25, 0.3) is 5.91 Å². The first-order valence-corrected chi connectivity index (χ1v) is 10.1. The standard InChI is InChI=1S/C17H19BrN6OS/c1-10(2)13-12(18)14(22-21-13)16(25)23-6-8-24(9-7-23)17-20-11-4-3-5-19-15(11)26-17/h3-5,10H,6-9H2,1-2H3,(H,21,22). The second-order valence-corrected chi connectivity index (χ2v) is 8.31. The quantitative estimate of drug-likeness (QED) is 0.684. The Balaban J connectivity index is 1.45. The van der Waals surface area contributed by atoms with Crippen LogP contribution in [0.15, 0.2) is 22.8 Å². The van der Waals surface area contributed by atoms with Crippen LogP contribution in [0.2, 0.25) is 0 Å². The highest BCUT2D eigenvalue weighted by Crippen LogP contribution is 2.29. The van der Waals surface area contributed by atoms with Crippen LogP contribution in [0.5, 0.6) is 0 Å². The van der Waals surface area contributed by atoms with Gasteiger partial charge in [0.15, 0.2) is 10.8 Å². The molecule has 3 aromatic heterocycles. The van der Waals surface area contributed by atoms with Crippen molar-refractivity contribution in [1.82, 2.24) is 25.1 Å². The number of pyridine rings is 1. The highest BCUT2D eigenvalue weighted by Gasteiger charge is 2.28. The molecule has 1 aliphatic heterocycles. The molecule has 26 heavy (non-hydrogen) atoms. The lowest BCUT2D eigenvalue weighted by Crippen LogP contribution is -2.49. The molecule has 0 aromatic carbocycles. The minimum Gasteiger partial charge on any atom is -0.344 e. The Morgan fingerprint density at radius 3 is 2.73 bits per heavy atom. The molecular formula is C17H19BrN6OS. The molecular weight excluding hydrogens is 416 g/mol. The van der Waals surface area contributed by atoms with E-state index in [1.165, 1.54) is 0 Å². The number of aromatic amines is 1. The van der Waals surface area contributed by atoms with Crippen LogP contribution >= 0.6 is 27.3 Å². The number of H-pyrrole nitrogens is 1. The van der Waals surface area contributed by atoms with Gasteiger partial charge in [0.1, 0.15) is 10.3 Å². The highest BCUT2D eigenvalue weighted by atomic mass is 79.9. The molecule has 1 fully saturated rings. The number of aromatic nitrogens is 4. The number of fused-ring (bicyclic) bond motifs is 1. The first kappa shape index (κ1) is 17.4. The van der Waals surface area contributed by atoms with Crippen molar-refractivity contribution in [1.29, 1.82) is 0 Å². The summed E-state index contributed by atoms with van der Waals surface area (Å²) in [6.07, 6.45) is 1.79. The second-order valence-electron chi connectivity index (χ2n) is 6.56. The number of nitrogens with zero attached hydrogens (tertiary/aromatic N) is 5. The Morgan fingerprint density at radius 1 is 1.31 bits per heavy atom. The summed E-state index contributed by atoms with van der Waals surface area (Å²) in [6.45, 7) is 6.95. The zero-order chi connectivity index (χ0) is 18.3. The molecule has 0 bridgehead atoms. The molecule has 4 heterocycles. The molecule has 1 saturated heterocycles. The molecule has 3 aromatic rings. The lowest BCUT2D eigenvalue weighted by atomic mass is 10.1. The van der Waals surface area contributed by atoms with E-state index in [4.69, 9.17) is 0 Å². The largest absolute Gasteiger partial charge is 0.344 e. The first-order chi connectivity index (χ1) is 12.5. The smallest absolute Gasteiger partial charge is 0.275 e. The highest BCUT2D eigenvalue weighted by molar-refractivity contribution is 9.10. The van der Waals surface area contributed by atoms with Crippen LogP contribution in [0.1, 0.15) is 35.9 Å². The van der Waals surface area contributed by atoms with Crippen molar-refractivity contribution in [3.63, 3.8) is 0 Å². The number of halogens is 1. The summed E-state index contributed by atoms with van der Waals surface area (Å²) < 4.78 is 0.775. The molecule has 136 valence electrons. The van der Waals surface area contributed by atoms with Crippen LogP contribution in [0.3, 0.4) is 0 Å². The van der Waals surface area contributed by atoms with Gasteiger partial charge in [-0.15, -0.1) is 0 Å². The predicted molar refractivity (Wildman–Crippen MR) is 106 cm³/mol. The van der Waals surface area contributed by atoms with Gasteiger partial charge in [-0.1, -0.05) is 25.2 Å². The number of piperazine rings is 1. The maximum atomic E-state index is 12.8. The lowest BCUT2D eigenvalue weighted by Gasteiger charge is -2.34. The van der Waals surface area contributed by atoms with Crippen molar-refractivity contribution in [2.75, 3.05) is 31.1 Å². The van der Waals surface area contributed by atoms with Crippen LogP contribution in [0, 0.1) is 0 Å². The molecule has 0 unspecified atom stereocenters. The summed E-state index contributed by atoms with van der Waals surface area (Å²) in [6, 6.07) is 3.87. The number of anilines is 1. The van der Waals surface area contributed by atoms with Crippen LogP contribution in [0.25, 0.3) is 10.3 Å². The van der Waals surface area contributed by atoms with E-state index in [2.05, 4.69) is 54.8 Å². The van der Waals surface area contributed by atoms with E-state index in [1.54, 1.807) is 17.5 Å². The number of carbonyl (C=O) groups is 1. The monoisotopic (exact) mass is 434 g/mol. The van der Waals surface area contributed by atoms with Crippen molar-refractivity contribution in [3.05, 3.63) is 34.2 Å². The van der Waals surface area contributed by atoms with Crippen LogP contribution in [0.4, 0.5) is 5.13 Å². The predicted octanol–water partition coefficient (Wildman–Crippen LogP) is 3.26. The topological polar surface area (TPSA) is 78.0 Å². The summed E-state index contributed by atoms with van der Waals surface area (Å²) in [7, 11) is 0. The van der Waals surface area contributed by atoms with Gasteiger partial charge in [0, 0.05) is 32.4 Å². The maximum Gasteiger partial charge on any atom is 0.275 e. The fourth-order valence-corrected chi connectivity index (χ4v) is 4.78. The third kappa shape index (κ3) is 3.09. The zero-order valence-electron chi connectivity index (χ0n) is 14.6. The summed E-state index contributed by atoms with van der Waals surface area (Å²) in [5.74, 6) is 0.244. The van der Waals surface area contributed by atoms with Gasteiger partial charge < -0.3 is 9.80 Å². The van der Waals surface area contributed by atoms with Gasteiger partial charge in [0.2, 0.25) is 0 Å². The SMILES string of the molecule is CC(C)c1[nH]nc(C(=O)N2CCN(c3nc4cccnc4s3)CC2)c1Br. The third-order valence-electron chi connectivity index (χ3n) is 4.50. The van der Waals surface area contributed by atoms with Gasteiger partial charge in [-0.25, -0.2) is 9.97 Å². The van der Waals surface area contributed by atoms with Crippen LogP contribution in [-0.4, -0.2) is 57.2 Å². The van der Waals surface area contributed by atoms with Crippen molar-refractivity contribution in [2.24, 2.45) is 0 Å². The minimum absolute atomic E-state index is 0.0364. The summed E-state index contributed by atoms with van der Waals surface area (Å²) in [5, 5.41) is 8.16. The average Bonchev–Trinajstić information content (AvgIpc) is 3.24. The van der Waals surface area contributed by atoms with Crippen molar-refractivity contribution >= 4 is 48.7 Å². The van der Waals surface area contributed by atoms with Gasteiger partial charge in [0.05, 0.1) is 10.2 Å². The number of carbonyl (C=O) groups excluding carboxylic acids is 1. The lowest BCUT2D eigenvalue weighted by molar-refractivity contribution is 0.0740. The fourth-order valence-electron chi connectivity index (χ4n) is 3.01. The summed E-state index contributed by atoms with van der Waals surface area (Å²) >= 11 is 5.11. The van der Waals surface area contributed by atoms with E-state index in [1.807, 2.05) is 17.0 Å². The van der Waals surface area contributed by atoms with E-state index in [9.17, 15) is 4.79 Å². The molecule has 1 N–H and O–H groups in total. The van der Waals surface area contributed by atoms with E-state index in [0.717, 1.165) is 38.7 Å². The van der Waals surface area contributed by atoms with Crippen molar-refractivity contribution in [2.45, 2.75) is 19.8 Å². The Bertz CT molecular complexity index is 911. The molecule has 4 rings (SSSR count). The average molecular weight is 435 g/mol. The zero-order valence-corrected chi connectivity index (χ0v) is 17.0. The fraction of sp³-hybridized carbons (Fsp3) is 0.412. The Labute approximate surface area is 163 Å².